The molecular formula is C26H22F3NO4. The highest BCUT2D eigenvalue weighted by Gasteiger charge is 2.51. The average molecular weight is 469 g/mol. The number of carboxylic acids is 1. The van der Waals surface area contributed by atoms with E-state index in [1.165, 1.54) is 36.4 Å². The zero-order valence-corrected chi connectivity index (χ0v) is 17.9. The van der Waals surface area contributed by atoms with Crippen LogP contribution in [0.2, 0.25) is 0 Å². The van der Waals surface area contributed by atoms with Crippen molar-refractivity contribution in [1.29, 1.82) is 0 Å². The maximum Gasteiger partial charge on any atom is 0.417 e. The molecule has 5 rings (SSSR count). The molecule has 0 spiro atoms. The molecular weight excluding hydrogens is 447 g/mol. The molecule has 1 saturated carbocycles. The lowest BCUT2D eigenvalue weighted by Gasteiger charge is -2.19. The second-order valence-electron chi connectivity index (χ2n) is 8.60. The van der Waals surface area contributed by atoms with Crippen LogP contribution in [0, 0.1) is 0 Å². The highest BCUT2D eigenvalue weighted by molar-refractivity contribution is 6.02. The van der Waals surface area contributed by atoms with Crippen LogP contribution in [0.25, 0.3) is 11.1 Å². The van der Waals surface area contributed by atoms with E-state index in [1.807, 2.05) is 18.2 Å². The third kappa shape index (κ3) is 3.89. The number of hydrogen-bond donors (Lipinski definition) is 2. The van der Waals surface area contributed by atoms with Crippen LogP contribution in [0.1, 0.15) is 41.3 Å². The fraction of sp³-hybridized carbons (Fsp3) is 0.231. The predicted octanol–water partition coefficient (Wildman–Crippen LogP) is 5.92. The van der Waals surface area contributed by atoms with E-state index in [1.54, 1.807) is 0 Å². The number of halogens is 3. The Morgan fingerprint density at radius 2 is 1.82 bits per heavy atom. The van der Waals surface area contributed by atoms with E-state index in [0.29, 0.717) is 19.4 Å². The van der Waals surface area contributed by atoms with Crippen LogP contribution in [0.15, 0.2) is 60.7 Å². The van der Waals surface area contributed by atoms with Gasteiger partial charge in [-0.1, -0.05) is 24.3 Å². The van der Waals surface area contributed by atoms with E-state index in [0.717, 1.165) is 29.4 Å². The minimum absolute atomic E-state index is 0. The summed E-state index contributed by atoms with van der Waals surface area (Å²) >= 11 is 0. The SMILES string of the molecule is O=C(O)c1cccc(-c2cc(NC(=O)C3(c4ccc5c(c4)CCO5)CC3)ccc2C(F)(F)F)c1.[HH]. The molecule has 8 heteroatoms. The molecule has 3 aromatic rings. The number of carbonyl (C=O) groups is 2. The zero-order valence-electron chi connectivity index (χ0n) is 17.9. The molecule has 2 aliphatic rings. The highest BCUT2D eigenvalue weighted by atomic mass is 19.4. The number of aromatic carboxylic acids is 1. The molecule has 176 valence electrons. The summed E-state index contributed by atoms with van der Waals surface area (Å²) < 4.78 is 46.6. The van der Waals surface area contributed by atoms with Gasteiger partial charge < -0.3 is 15.2 Å². The van der Waals surface area contributed by atoms with E-state index < -0.39 is 23.1 Å². The smallest absolute Gasteiger partial charge is 0.417 e. The van der Waals surface area contributed by atoms with Gasteiger partial charge in [-0.3, -0.25) is 4.79 Å². The molecule has 0 saturated heterocycles. The first-order valence-corrected chi connectivity index (χ1v) is 10.8. The molecule has 0 radical (unpaired) electrons. The van der Waals surface area contributed by atoms with Crippen molar-refractivity contribution >= 4 is 17.6 Å². The fourth-order valence-corrected chi connectivity index (χ4v) is 4.43. The summed E-state index contributed by atoms with van der Waals surface area (Å²) in [6, 6.07) is 14.4. The number of rotatable bonds is 5. The largest absolute Gasteiger partial charge is 0.493 e. The van der Waals surface area contributed by atoms with Crippen LogP contribution < -0.4 is 10.1 Å². The third-order valence-electron chi connectivity index (χ3n) is 6.43. The maximum absolute atomic E-state index is 13.7. The van der Waals surface area contributed by atoms with Gasteiger partial charge >= 0.3 is 12.1 Å². The molecule has 1 amide bonds. The standard InChI is InChI=1S/C26H20F3NO4.H2/c27-26(28,29)21-6-5-19(14-20(21)15-2-1-3-17(12-15)23(31)32)30-24(33)25(9-10-25)18-4-7-22-16(13-18)8-11-34-22;/h1-7,12-14H,8-11H2,(H,30,33)(H,31,32);1H. The van der Waals surface area contributed by atoms with Gasteiger partial charge in [-0.2, -0.15) is 13.2 Å². The van der Waals surface area contributed by atoms with Crippen LogP contribution in [-0.4, -0.2) is 23.6 Å². The number of benzene rings is 3. The Morgan fingerprint density at radius 1 is 1.03 bits per heavy atom. The molecule has 1 fully saturated rings. The molecule has 2 N–H and O–H groups in total. The lowest BCUT2D eigenvalue weighted by atomic mass is 9.92. The Kier molecular flexibility index (Phi) is 5.11. The Hall–Kier alpha value is -3.81. The van der Waals surface area contributed by atoms with Crippen molar-refractivity contribution in [2.75, 3.05) is 11.9 Å². The number of ether oxygens (including phenoxy) is 1. The summed E-state index contributed by atoms with van der Waals surface area (Å²) in [5.74, 6) is -0.706. The normalized spacial score (nSPS) is 15.9. The summed E-state index contributed by atoms with van der Waals surface area (Å²) in [4.78, 5) is 24.5. The Morgan fingerprint density at radius 3 is 2.53 bits per heavy atom. The molecule has 34 heavy (non-hydrogen) atoms. The Bertz CT molecular complexity index is 1320. The van der Waals surface area contributed by atoms with Crippen LogP contribution >= 0.6 is 0 Å². The highest BCUT2D eigenvalue weighted by Crippen LogP contribution is 2.50. The first-order valence-electron chi connectivity index (χ1n) is 10.8. The van der Waals surface area contributed by atoms with Gasteiger partial charge in [-0.05, 0) is 71.5 Å². The van der Waals surface area contributed by atoms with Gasteiger partial charge in [0.25, 0.3) is 0 Å². The van der Waals surface area contributed by atoms with Crippen LogP contribution in [0.5, 0.6) is 5.75 Å². The molecule has 0 bridgehead atoms. The number of anilines is 1. The van der Waals surface area contributed by atoms with Gasteiger partial charge in [0, 0.05) is 13.5 Å². The minimum atomic E-state index is -4.65. The number of nitrogens with one attached hydrogen (secondary N) is 1. The van der Waals surface area contributed by atoms with Crippen LogP contribution in [-0.2, 0) is 22.8 Å². The summed E-state index contributed by atoms with van der Waals surface area (Å²) in [5.41, 5.74) is 0.275. The van der Waals surface area contributed by atoms with E-state index >= 15 is 0 Å². The van der Waals surface area contributed by atoms with Crippen molar-refractivity contribution < 1.29 is 34.0 Å². The van der Waals surface area contributed by atoms with Gasteiger partial charge in [0.1, 0.15) is 5.75 Å². The Labute approximate surface area is 194 Å². The summed E-state index contributed by atoms with van der Waals surface area (Å²) in [7, 11) is 0. The topological polar surface area (TPSA) is 75.6 Å². The van der Waals surface area contributed by atoms with Crippen molar-refractivity contribution in [3.63, 3.8) is 0 Å². The quantitative estimate of drug-likeness (QED) is 0.486. The summed E-state index contributed by atoms with van der Waals surface area (Å²) in [6.07, 6.45) is -2.58. The van der Waals surface area contributed by atoms with E-state index in [4.69, 9.17) is 4.74 Å². The number of fused-ring (bicyclic) bond motifs is 1. The van der Waals surface area contributed by atoms with Crippen molar-refractivity contribution in [2.24, 2.45) is 0 Å². The monoisotopic (exact) mass is 469 g/mol. The van der Waals surface area contributed by atoms with Gasteiger partial charge in [-0.25, -0.2) is 4.79 Å². The first kappa shape index (κ1) is 22.0. The number of carbonyl (C=O) groups excluding carboxylic acids is 1. The molecule has 0 unspecified atom stereocenters. The van der Waals surface area contributed by atoms with Crippen LogP contribution in [0.3, 0.4) is 0 Å². The summed E-state index contributed by atoms with van der Waals surface area (Å²) in [5, 5.41) is 12.0. The van der Waals surface area contributed by atoms with Crippen molar-refractivity contribution in [2.45, 2.75) is 30.9 Å². The molecule has 1 aliphatic heterocycles. The zero-order chi connectivity index (χ0) is 24.1. The maximum atomic E-state index is 13.7. The number of hydrogen-bond acceptors (Lipinski definition) is 3. The average Bonchev–Trinajstić information content (AvgIpc) is 3.49. The number of carboxylic acid groups (broad SMARTS) is 1. The fourth-order valence-electron chi connectivity index (χ4n) is 4.43. The van der Waals surface area contributed by atoms with Gasteiger partial charge in [-0.15, -0.1) is 0 Å². The second-order valence-corrected chi connectivity index (χ2v) is 8.60. The van der Waals surface area contributed by atoms with E-state index in [-0.39, 0.29) is 29.7 Å². The number of alkyl halides is 3. The molecule has 1 aliphatic carbocycles. The molecule has 0 aromatic heterocycles. The van der Waals surface area contributed by atoms with E-state index in [2.05, 4.69) is 5.32 Å². The van der Waals surface area contributed by atoms with Crippen molar-refractivity contribution in [3.8, 4) is 16.9 Å². The third-order valence-corrected chi connectivity index (χ3v) is 6.43. The van der Waals surface area contributed by atoms with Gasteiger partial charge in [0.15, 0.2) is 0 Å². The van der Waals surface area contributed by atoms with Crippen molar-refractivity contribution in [1.82, 2.24) is 0 Å². The van der Waals surface area contributed by atoms with Gasteiger partial charge in [0.2, 0.25) is 5.91 Å². The first-order chi connectivity index (χ1) is 16.2. The predicted molar refractivity (Wildman–Crippen MR) is 121 cm³/mol. The van der Waals surface area contributed by atoms with Crippen molar-refractivity contribution in [3.05, 3.63) is 82.9 Å². The minimum Gasteiger partial charge on any atom is -0.493 e. The summed E-state index contributed by atoms with van der Waals surface area (Å²) in [6.45, 7) is 0.607. The lowest BCUT2D eigenvalue weighted by Crippen LogP contribution is -2.28. The van der Waals surface area contributed by atoms with E-state index in [9.17, 15) is 27.9 Å². The molecule has 5 nitrogen and oxygen atoms in total. The molecule has 3 aromatic carbocycles. The van der Waals surface area contributed by atoms with Gasteiger partial charge in [0.05, 0.1) is 23.1 Å². The molecule has 1 heterocycles. The van der Waals surface area contributed by atoms with Crippen LogP contribution in [0.4, 0.5) is 18.9 Å². The number of amides is 1. The molecule has 0 atom stereocenters. The lowest BCUT2D eigenvalue weighted by molar-refractivity contribution is -0.137. The second kappa shape index (κ2) is 7.90. The Balaban J connectivity index is 0.00000289.